The fourth-order valence-corrected chi connectivity index (χ4v) is 2.23. The van der Waals surface area contributed by atoms with Crippen LogP contribution >= 0.6 is 0 Å². The highest BCUT2D eigenvalue weighted by molar-refractivity contribution is 5.81. The van der Waals surface area contributed by atoms with E-state index >= 15 is 0 Å². The highest BCUT2D eigenvalue weighted by Gasteiger charge is 2.30. The molecule has 0 aromatic heterocycles. The average Bonchev–Trinajstić information content (AvgIpc) is 3.23. The van der Waals surface area contributed by atoms with Gasteiger partial charge in [0.2, 0.25) is 5.91 Å². The first-order valence-corrected chi connectivity index (χ1v) is 7.40. The molecule has 0 bridgehead atoms. The van der Waals surface area contributed by atoms with Crippen molar-refractivity contribution < 1.29 is 9.53 Å². The van der Waals surface area contributed by atoms with Crippen molar-refractivity contribution in [1.82, 2.24) is 4.90 Å². The summed E-state index contributed by atoms with van der Waals surface area (Å²) in [6.45, 7) is 7.19. The molecule has 1 fully saturated rings. The predicted octanol–water partition coefficient (Wildman–Crippen LogP) is 2.90. The summed E-state index contributed by atoms with van der Waals surface area (Å²) in [5.74, 6) is 1.03. The van der Waals surface area contributed by atoms with Crippen LogP contribution in [0.4, 0.5) is 5.69 Å². The topological polar surface area (TPSA) is 41.6 Å². The normalized spacial score (nSPS) is 14.2. The second-order valence-electron chi connectivity index (χ2n) is 5.46. The van der Waals surface area contributed by atoms with Gasteiger partial charge in [0.25, 0.3) is 0 Å². The van der Waals surface area contributed by atoms with E-state index in [0.29, 0.717) is 12.6 Å². The Morgan fingerprint density at radius 1 is 1.35 bits per heavy atom. The lowest BCUT2D eigenvalue weighted by Gasteiger charge is -2.20. The molecule has 1 aromatic carbocycles. The fraction of sp³-hybridized carbons (Fsp3) is 0.562. The number of nitrogens with zero attached hydrogens (tertiary/aromatic N) is 1. The van der Waals surface area contributed by atoms with Crippen molar-refractivity contribution >= 4 is 11.6 Å². The highest BCUT2D eigenvalue weighted by atomic mass is 16.5. The zero-order chi connectivity index (χ0) is 14.5. The number of amides is 1. The van der Waals surface area contributed by atoms with Gasteiger partial charge in [0, 0.05) is 18.3 Å². The standard InChI is InChI=1S/C16H24N2O2/c1-4-18(14-7-8-14)16(19)11-17-13-5-9-15(10-6-13)20-12(2)3/h5-6,9-10,12,14,17H,4,7-8,11H2,1-3H3. The third-order valence-corrected chi connectivity index (χ3v) is 3.32. The molecule has 1 N–H and O–H groups in total. The maximum absolute atomic E-state index is 12.1. The van der Waals surface area contributed by atoms with E-state index in [1.165, 1.54) is 0 Å². The summed E-state index contributed by atoms with van der Waals surface area (Å²) in [7, 11) is 0. The zero-order valence-electron chi connectivity index (χ0n) is 12.6. The molecule has 4 nitrogen and oxygen atoms in total. The van der Waals surface area contributed by atoms with Crippen LogP contribution in [0.2, 0.25) is 0 Å². The molecular formula is C16H24N2O2. The second kappa shape index (κ2) is 6.64. The number of hydrogen-bond acceptors (Lipinski definition) is 3. The maximum atomic E-state index is 12.1. The van der Waals surface area contributed by atoms with Crippen LogP contribution in [-0.4, -0.2) is 36.0 Å². The minimum atomic E-state index is 0.173. The van der Waals surface area contributed by atoms with Crippen molar-refractivity contribution in [3.8, 4) is 5.75 Å². The van der Waals surface area contributed by atoms with Crippen LogP contribution in [0.3, 0.4) is 0 Å². The van der Waals surface area contributed by atoms with E-state index in [2.05, 4.69) is 5.32 Å². The van der Waals surface area contributed by atoms with Gasteiger partial charge in [-0.1, -0.05) is 0 Å². The van der Waals surface area contributed by atoms with Gasteiger partial charge in [-0.15, -0.1) is 0 Å². The van der Waals surface area contributed by atoms with Crippen molar-refractivity contribution in [3.05, 3.63) is 24.3 Å². The maximum Gasteiger partial charge on any atom is 0.242 e. The molecule has 0 atom stereocenters. The number of ether oxygens (including phenoxy) is 1. The summed E-state index contributed by atoms with van der Waals surface area (Å²) in [4.78, 5) is 14.0. The molecule has 2 rings (SSSR count). The Labute approximate surface area is 121 Å². The fourth-order valence-electron chi connectivity index (χ4n) is 2.23. The lowest BCUT2D eigenvalue weighted by molar-refractivity contribution is -0.129. The molecule has 0 radical (unpaired) electrons. The van der Waals surface area contributed by atoms with Crippen molar-refractivity contribution in [2.45, 2.75) is 45.8 Å². The molecule has 1 aromatic rings. The first-order chi connectivity index (χ1) is 9.60. The Balaban J connectivity index is 1.82. The van der Waals surface area contributed by atoms with E-state index < -0.39 is 0 Å². The lowest BCUT2D eigenvalue weighted by Crippen LogP contribution is -2.37. The Bertz CT molecular complexity index is 438. The SMILES string of the molecule is CCN(C(=O)CNc1ccc(OC(C)C)cc1)C1CC1. The second-order valence-corrected chi connectivity index (χ2v) is 5.46. The van der Waals surface area contributed by atoms with Gasteiger partial charge in [0.1, 0.15) is 5.75 Å². The number of likely N-dealkylation sites (N-methyl/N-ethyl adjacent to an activating group) is 1. The van der Waals surface area contributed by atoms with Gasteiger partial charge in [-0.2, -0.15) is 0 Å². The third-order valence-electron chi connectivity index (χ3n) is 3.32. The highest BCUT2D eigenvalue weighted by Crippen LogP contribution is 2.26. The quantitative estimate of drug-likeness (QED) is 0.832. The van der Waals surface area contributed by atoms with Gasteiger partial charge in [0.05, 0.1) is 12.6 Å². The van der Waals surface area contributed by atoms with Crippen LogP contribution in [-0.2, 0) is 4.79 Å². The Morgan fingerprint density at radius 3 is 2.50 bits per heavy atom. The van der Waals surface area contributed by atoms with Crippen LogP contribution in [0.1, 0.15) is 33.6 Å². The molecule has 4 heteroatoms. The molecule has 0 saturated heterocycles. The van der Waals surface area contributed by atoms with E-state index in [0.717, 1.165) is 30.8 Å². The molecule has 1 aliphatic rings. The lowest BCUT2D eigenvalue weighted by atomic mass is 10.3. The molecule has 110 valence electrons. The van der Waals surface area contributed by atoms with Gasteiger partial charge in [-0.3, -0.25) is 4.79 Å². The van der Waals surface area contributed by atoms with Crippen LogP contribution in [0.25, 0.3) is 0 Å². The van der Waals surface area contributed by atoms with Crippen molar-refractivity contribution in [2.24, 2.45) is 0 Å². The molecule has 0 heterocycles. The number of benzene rings is 1. The molecule has 1 saturated carbocycles. The summed E-state index contributed by atoms with van der Waals surface area (Å²) in [5.41, 5.74) is 0.946. The molecule has 1 amide bonds. The minimum absolute atomic E-state index is 0.173. The molecule has 1 aliphatic carbocycles. The molecular weight excluding hydrogens is 252 g/mol. The first-order valence-electron chi connectivity index (χ1n) is 7.40. The number of carbonyl (C=O) groups excluding carboxylic acids is 1. The monoisotopic (exact) mass is 276 g/mol. The summed E-state index contributed by atoms with van der Waals surface area (Å²) >= 11 is 0. The summed E-state index contributed by atoms with van der Waals surface area (Å²) in [5, 5.41) is 3.18. The number of anilines is 1. The Hall–Kier alpha value is -1.71. The number of nitrogens with one attached hydrogen (secondary N) is 1. The molecule has 20 heavy (non-hydrogen) atoms. The van der Waals surface area contributed by atoms with Gasteiger partial charge in [-0.05, 0) is 57.9 Å². The van der Waals surface area contributed by atoms with Gasteiger partial charge in [-0.25, -0.2) is 0 Å². The molecule has 0 spiro atoms. The average molecular weight is 276 g/mol. The summed E-state index contributed by atoms with van der Waals surface area (Å²) in [6, 6.07) is 8.21. The van der Waals surface area contributed by atoms with E-state index in [1.54, 1.807) is 0 Å². The summed E-state index contributed by atoms with van der Waals surface area (Å²) in [6.07, 6.45) is 2.48. The van der Waals surface area contributed by atoms with Crippen LogP contribution in [0, 0.1) is 0 Å². The molecule has 0 aliphatic heterocycles. The van der Waals surface area contributed by atoms with Crippen molar-refractivity contribution in [3.63, 3.8) is 0 Å². The third kappa shape index (κ3) is 4.15. The first kappa shape index (κ1) is 14.7. The number of hydrogen-bond donors (Lipinski definition) is 1. The van der Waals surface area contributed by atoms with Gasteiger partial charge >= 0.3 is 0 Å². The largest absolute Gasteiger partial charge is 0.491 e. The van der Waals surface area contributed by atoms with Gasteiger partial charge < -0.3 is 15.0 Å². The zero-order valence-corrected chi connectivity index (χ0v) is 12.6. The number of rotatable bonds is 7. The van der Waals surface area contributed by atoms with Gasteiger partial charge in [0.15, 0.2) is 0 Å². The van der Waals surface area contributed by atoms with Crippen LogP contribution in [0.5, 0.6) is 5.75 Å². The number of carbonyl (C=O) groups is 1. The van der Waals surface area contributed by atoms with Crippen LogP contribution < -0.4 is 10.1 Å². The smallest absolute Gasteiger partial charge is 0.242 e. The van der Waals surface area contributed by atoms with E-state index in [1.807, 2.05) is 49.9 Å². The van der Waals surface area contributed by atoms with Crippen LogP contribution in [0.15, 0.2) is 24.3 Å². The van der Waals surface area contributed by atoms with E-state index in [-0.39, 0.29) is 12.0 Å². The van der Waals surface area contributed by atoms with Crippen molar-refractivity contribution in [1.29, 1.82) is 0 Å². The van der Waals surface area contributed by atoms with Crippen molar-refractivity contribution in [2.75, 3.05) is 18.4 Å². The van der Waals surface area contributed by atoms with E-state index in [9.17, 15) is 4.79 Å². The summed E-state index contributed by atoms with van der Waals surface area (Å²) < 4.78 is 5.59. The predicted molar refractivity (Wildman–Crippen MR) is 81.1 cm³/mol. The minimum Gasteiger partial charge on any atom is -0.491 e. The Morgan fingerprint density at radius 2 is 2.00 bits per heavy atom. The Kier molecular flexibility index (Phi) is 4.88. The molecule has 0 unspecified atom stereocenters. The van der Waals surface area contributed by atoms with E-state index in [4.69, 9.17) is 4.74 Å².